The van der Waals surface area contributed by atoms with Crippen LogP contribution in [0, 0.1) is 11.7 Å². The summed E-state index contributed by atoms with van der Waals surface area (Å²) in [4.78, 5) is 18.7. The molecule has 1 amide bonds. The van der Waals surface area contributed by atoms with E-state index in [9.17, 15) is 14.3 Å². The van der Waals surface area contributed by atoms with Crippen LogP contribution in [0.1, 0.15) is 47.2 Å². The number of aromatic nitrogens is 1. The van der Waals surface area contributed by atoms with Crippen LogP contribution in [0.15, 0.2) is 34.9 Å². The number of carbonyl (C=O) groups is 1. The number of likely N-dealkylation sites (tertiary alicyclic amines) is 1. The fourth-order valence-corrected chi connectivity index (χ4v) is 3.26. The summed E-state index contributed by atoms with van der Waals surface area (Å²) >= 11 is 0. The summed E-state index contributed by atoms with van der Waals surface area (Å²) in [6.07, 6.45) is 4.39. The summed E-state index contributed by atoms with van der Waals surface area (Å²) in [6, 6.07) is 5.76. The van der Waals surface area contributed by atoms with Crippen LogP contribution in [0.2, 0.25) is 0 Å². The Morgan fingerprint density at radius 1 is 1.33 bits per heavy atom. The number of hydrogen-bond acceptors (Lipinski definition) is 4. The molecule has 1 saturated heterocycles. The van der Waals surface area contributed by atoms with Gasteiger partial charge in [0, 0.05) is 13.0 Å². The number of benzene rings is 1. The van der Waals surface area contributed by atoms with E-state index < -0.39 is 6.10 Å². The monoisotopic (exact) mass is 330 g/mol. The minimum atomic E-state index is -0.596. The molecular formula is C18H19FN2O3. The maximum atomic E-state index is 13.1. The zero-order valence-corrected chi connectivity index (χ0v) is 13.2. The SMILES string of the molecule is O=C(c1coc(CC2CC2)n1)N1C[C@H](O)C[C@@H]1c1ccc(F)cc1. The molecule has 1 N–H and O–H groups in total. The second-order valence-electron chi connectivity index (χ2n) is 6.69. The molecule has 126 valence electrons. The van der Waals surface area contributed by atoms with Crippen molar-refractivity contribution in [3.05, 3.63) is 53.5 Å². The normalized spacial score (nSPS) is 23.7. The third-order valence-electron chi connectivity index (χ3n) is 4.73. The summed E-state index contributed by atoms with van der Waals surface area (Å²) < 4.78 is 18.5. The van der Waals surface area contributed by atoms with Gasteiger partial charge in [0.1, 0.15) is 12.1 Å². The standard InChI is InChI=1S/C18H19FN2O3/c19-13-5-3-12(4-6-13)16-8-14(22)9-21(16)18(23)15-10-24-17(20-15)7-11-1-2-11/h3-6,10-11,14,16,22H,1-2,7-9H2/t14-,16-/m1/s1. The van der Waals surface area contributed by atoms with Gasteiger partial charge >= 0.3 is 0 Å². The quantitative estimate of drug-likeness (QED) is 0.936. The number of oxazole rings is 1. The molecule has 0 spiro atoms. The average molecular weight is 330 g/mol. The van der Waals surface area contributed by atoms with Gasteiger partial charge in [0.15, 0.2) is 11.6 Å². The van der Waals surface area contributed by atoms with Gasteiger partial charge in [-0.25, -0.2) is 9.37 Å². The molecule has 2 aliphatic rings. The second kappa shape index (κ2) is 6.02. The molecule has 1 aliphatic heterocycles. The van der Waals surface area contributed by atoms with Crippen molar-refractivity contribution in [2.45, 2.75) is 37.8 Å². The van der Waals surface area contributed by atoms with E-state index in [1.807, 2.05) is 0 Å². The number of hydrogen-bond donors (Lipinski definition) is 1. The van der Waals surface area contributed by atoms with Crippen molar-refractivity contribution in [2.75, 3.05) is 6.54 Å². The molecule has 2 aromatic rings. The third kappa shape index (κ3) is 3.06. The average Bonchev–Trinajstić information content (AvgIpc) is 3.11. The molecule has 1 aliphatic carbocycles. The van der Waals surface area contributed by atoms with Crippen molar-refractivity contribution in [3.63, 3.8) is 0 Å². The van der Waals surface area contributed by atoms with Crippen LogP contribution in [0.25, 0.3) is 0 Å². The van der Waals surface area contributed by atoms with Crippen LogP contribution >= 0.6 is 0 Å². The molecule has 1 saturated carbocycles. The van der Waals surface area contributed by atoms with Crippen LogP contribution in [0.5, 0.6) is 0 Å². The van der Waals surface area contributed by atoms with E-state index in [4.69, 9.17) is 4.42 Å². The maximum absolute atomic E-state index is 13.1. The fraction of sp³-hybridized carbons (Fsp3) is 0.444. The fourth-order valence-electron chi connectivity index (χ4n) is 3.26. The van der Waals surface area contributed by atoms with E-state index in [1.165, 1.54) is 31.2 Å². The highest BCUT2D eigenvalue weighted by atomic mass is 19.1. The first kappa shape index (κ1) is 15.3. The highest BCUT2D eigenvalue weighted by molar-refractivity contribution is 5.92. The zero-order chi connectivity index (χ0) is 16.7. The van der Waals surface area contributed by atoms with Crippen molar-refractivity contribution in [2.24, 2.45) is 5.92 Å². The lowest BCUT2D eigenvalue weighted by Crippen LogP contribution is -2.32. The first-order chi connectivity index (χ1) is 11.6. The van der Waals surface area contributed by atoms with Crippen LogP contribution in [-0.2, 0) is 6.42 Å². The van der Waals surface area contributed by atoms with Gasteiger partial charge in [-0.3, -0.25) is 4.79 Å². The Balaban J connectivity index is 1.54. The summed E-state index contributed by atoms with van der Waals surface area (Å²) in [6.45, 7) is 0.242. The van der Waals surface area contributed by atoms with E-state index in [0.29, 0.717) is 18.2 Å². The third-order valence-corrected chi connectivity index (χ3v) is 4.73. The summed E-state index contributed by atoms with van der Waals surface area (Å²) in [5.74, 6) is 0.647. The van der Waals surface area contributed by atoms with Gasteiger partial charge in [0.05, 0.1) is 12.1 Å². The number of amides is 1. The molecule has 6 heteroatoms. The summed E-state index contributed by atoms with van der Waals surface area (Å²) in [5, 5.41) is 10.0. The van der Waals surface area contributed by atoms with Crippen LogP contribution in [-0.4, -0.2) is 33.5 Å². The topological polar surface area (TPSA) is 66.6 Å². The van der Waals surface area contributed by atoms with Crippen molar-refractivity contribution < 1.29 is 18.7 Å². The molecule has 2 atom stereocenters. The van der Waals surface area contributed by atoms with E-state index >= 15 is 0 Å². The van der Waals surface area contributed by atoms with Crippen molar-refractivity contribution in [1.29, 1.82) is 0 Å². The minimum absolute atomic E-state index is 0.242. The van der Waals surface area contributed by atoms with E-state index in [0.717, 1.165) is 12.0 Å². The number of carbonyl (C=O) groups excluding carboxylic acids is 1. The molecule has 4 rings (SSSR count). The van der Waals surface area contributed by atoms with Crippen LogP contribution < -0.4 is 0 Å². The van der Waals surface area contributed by atoms with Gasteiger partial charge < -0.3 is 14.4 Å². The van der Waals surface area contributed by atoms with Gasteiger partial charge in [0.2, 0.25) is 0 Å². The first-order valence-electron chi connectivity index (χ1n) is 8.29. The molecule has 1 aromatic carbocycles. The Labute approximate surface area is 139 Å². The predicted molar refractivity (Wildman–Crippen MR) is 83.7 cm³/mol. The van der Waals surface area contributed by atoms with Gasteiger partial charge in [-0.05, 0) is 42.9 Å². The molecule has 0 radical (unpaired) electrons. The lowest BCUT2D eigenvalue weighted by Gasteiger charge is -2.23. The van der Waals surface area contributed by atoms with E-state index in [1.54, 1.807) is 17.0 Å². The Bertz CT molecular complexity index is 739. The molecular weight excluding hydrogens is 311 g/mol. The second-order valence-corrected chi connectivity index (χ2v) is 6.69. The molecule has 0 unspecified atom stereocenters. The minimum Gasteiger partial charge on any atom is -0.448 e. The molecule has 2 heterocycles. The molecule has 5 nitrogen and oxygen atoms in total. The Morgan fingerprint density at radius 3 is 2.79 bits per heavy atom. The summed E-state index contributed by atoms with van der Waals surface area (Å²) in [5.41, 5.74) is 1.08. The maximum Gasteiger partial charge on any atom is 0.276 e. The molecule has 2 fully saturated rings. The number of rotatable bonds is 4. The number of halogens is 1. The van der Waals surface area contributed by atoms with Crippen molar-refractivity contribution >= 4 is 5.91 Å². The van der Waals surface area contributed by atoms with Crippen molar-refractivity contribution in [3.8, 4) is 0 Å². The predicted octanol–water partition coefficient (Wildman–Crippen LogP) is 2.71. The number of nitrogens with zero attached hydrogens (tertiary/aromatic N) is 2. The Morgan fingerprint density at radius 2 is 2.08 bits per heavy atom. The molecule has 24 heavy (non-hydrogen) atoms. The lowest BCUT2D eigenvalue weighted by atomic mass is 10.0. The largest absolute Gasteiger partial charge is 0.448 e. The number of β-amino-alcohol motifs (C(OH)–C–C–N with tert-alkyl or cyclic N) is 1. The summed E-state index contributed by atoms with van der Waals surface area (Å²) in [7, 11) is 0. The lowest BCUT2D eigenvalue weighted by molar-refractivity contribution is 0.0709. The first-order valence-corrected chi connectivity index (χ1v) is 8.29. The number of aliphatic hydroxyl groups excluding tert-OH is 1. The van der Waals surface area contributed by atoms with Gasteiger partial charge in [0.25, 0.3) is 5.91 Å². The Kier molecular flexibility index (Phi) is 3.84. The van der Waals surface area contributed by atoms with Gasteiger partial charge in [-0.2, -0.15) is 0 Å². The van der Waals surface area contributed by atoms with E-state index in [2.05, 4.69) is 4.98 Å². The van der Waals surface area contributed by atoms with E-state index in [-0.39, 0.29) is 30.0 Å². The van der Waals surface area contributed by atoms with Crippen LogP contribution in [0.3, 0.4) is 0 Å². The highest BCUT2D eigenvalue weighted by Gasteiger charge is 2.37. The smallest absolute Gasteiger partial charge is 0.276 e. The molecule has 0 bridgehead atoms. The Hall–Kier alpha value is -2.21. The number of aliphatic hydroxyl groups is 1. The highest BCUT2D eigenvalue weighted by Crippen LogP contribution is 2.34. The molecule has 1 aromatic heterocycles. The van der Waals surface area contributed by atoms with Gasteiger partial charge in [-0.1, -0.05) is 12.1 Å². The zero-order valence-electron chi connectivity index (χ0n) is 13.2. The van der Waals surface area contributed by atoms with Gasteiger partial charge in [-0.15, -0.1) is 0 Å². The van der Waals surface area contributed by atoms with Crippen LogP contribution in [0.4, 0.5) is 4.39 Å². The van der Waals surface area contributed by atoms with Crippen molar-refractivity contribution in [1.82, 2.24) is 9.88 Å².